The molecule has 0 saturated carbocycles. The molecule has 10 heavy (non-hydrogen) atoms. The Morgan fingerprint density at radius 3 is 2.40 bits per heavy atom. The molecule has 0 rings (SSSR count). The molecule has 0 aliphatic heterocycles. The van der Waals surface area contributed by atoms with Crippen LogP contribution in [0.15, 0.2) is 10.4 Å². The van der Waals surface area contributed by atoms with Crippen molar-refractivity contribution in [2.24, 2.45) is 0 Å². The van der Waals surface area contributed by atoms with Gasteiger partial charge in [-0.3, -0.25) is 14.3 Å². The molecule has 0 fully saturated rings. The van der Waals surface area contributed by atoms with E-state index >= 15 is 0 Å². The molecule has 1 atom stereocenters. The zero-order valence-electron chi connectivity index (χ0n) is 5.57. The fraction of sp³-hybridized carbons (Fsp3) is 0.500. The highest BCUT2D eigenvalue weighted by atomic mass is 32.2. The Kier molecular flexibility index (Phi) is 4.29. The quantitative estimate of drug-likeness (QED) is 0.477. The van der Waals surface area contributed by atoms with Gasteiger partial charge in [0.05, 0.1) is 15.7 Å². The van der Waals surface area contributed by atoms with E-state index in [2.05, 4.69) is 0 Å². The number of hydrogen-bond acceptors (Lipinski definition) is 4. The first kappa shape index (κ1) is 9.64. The third kappa shape index (κ3) is 3.62. The largest absolute Gasteiger partial charge is 0.259 e. The lowest BCUT2D eigenvalue weighted by Gasteiger charge is -1.91. The summed E-state index contributed by atoms with van der Waals surface area (Å²) >= 11 is 1.13. The lowest BCUT2D eigenvalue weighted by molar-refractivity contribution is -0.402. The van der Waals surface area contributed by atoms with E-state index in [1.807, 2.05) is 0 Å². The Labute approximate surface area is 65.3 Å². The zero-order chi connectivity index (χ0) is 8.15. The molecule has 0 aliphatic rings. The van der Waals surface area contributed by atoms with E-state index in [1.54, 1.807) is 6.26 Å². The molecule has 6 heteroatoms. The second kappa shape index (κ2) is 4.45. The second-order valence-corrected chi connectivity index (χ2v) is 3.85. The summed E-state index contributed by atoms with van der Waals surface area (Å²) in [5.74, 6) is 0. The van der Waals surface area contributed by atoms with E-state index in [4.69, 9.17) is 0 Å². The number of nitro groups is 1. The van der Waals surface area contributed by atoms with E-state index in [9.17, 15) is 14.3 Å². The molecule has 0 N–H and O–H groups in total. The summed E-state index contributed by atoms with van der Waals surface area (Å²) in [5.41, 5.74) is 0. The van der Waals surface area contributed by atoms with Crippen molar-refractivity contribution < 1.29 is 9.13 Å². The van der Waals surface area contributed by atoms with E-state index in [-0.39, 0.29) is 4.24 Å². The van der Waals surface area contributed by atoms with Crippen molar-refractivity contribution in [2.45, 2.75) is 0 Å². The number of thioether (sulfide) groups is 1. The van der Waals surface area contributed by atoms with Gasteiger partial charge in [0.1, 0.15) is 4.24 Å². The van der Waals surface area contributed by atoms with Crippen LogP contribution in [0.1, 0.15) is 0 Å². The minimum absolute atomic E-state index is 0.282. The number of nitrogens with zero attached hydrogens (tertiary/aromatic N) is 1. The summed E-state index contributed by atoms with van der Waals surface area (Å²) in [6.07, 6.45) is 3.82. The van der Waals surface area contributed by atoms with Crippen molar-refractivity contribution in [3.05, 3.63) is 20.6 Å². The van der Waals surface area contributed by atoms with Gasteiger partial charge in [0.15, 0.2) is 0 Å². The van der Waals surface area contributed by atoms with E-state index < -0.39 is 15.7 Å². The van der Waals surface area contributed by atoms with Gasteiger partial charge in [-0.25, -0.2) is 0 Å². The van der Waals surface area contributed by atoms with Crippen molar-refractivity contribution in [3.8, 4) is 0 Å². The standard InChI is InChI=1S/C4H7NO3S2/c1-9-4(10(2)8)3-5(6)7/h3H,1-2H3. The van der Waals surface area contributed by atoms with E-state index in [0.29, 0.717) is 0 Å². The Morgan fingerprint density at radius 2 is 2.30 bits per heavy atom. The molecule has 0 amide bonds. The lowest BCUT2D eigenvalue weighted by Crippen LogP contribution is -1.92. The third-order valence-electron chi connectivity index (χ3n) is 0.695. The maximum absolute atomic E-state index is 10.6. The van der Waals surface area contributed by atoms with Gasteiger partial charge in [0, 0.05) is 6.26 Å². The average Bonchev–Trinajstić information content (AvgIpc) is 1.81. The van der Waals surface area contributed by atoms with Crippen LogP contribution in [-0.2, 0) is 10.8 Å². The fourth-order valence-electron chi connectivity index (χ4n) is 0.330. The molecule has 58 valence electrons. The summed E-state index contributed by atoms with van der Waals surface area (Å²) in [5, 5.41) is 9.85. The zero-order valence-corrected chi connectivity index (χ0v) is 7.20. The lowest BCUT2D eigenvalue weighted by atomic mass is 11.1. The molecule has 0 bridgehead atoms. The minimum Gasteiger partial charge on any atom is -0.259 e. The molecule has 1 unspecified atom stereocenters. The van der Waals surface area contributed by atoms with Crippen LogP contribution in [0.3, 0.4) is 0 Å². The molecule has 0 spiro atoms. The third-order valence-corrected chi connectivity index (χ3v) is 3.08. The Hall–Kier alpha value is -0.360. The fourth-order valence-corrected chi connectivity index (χ4v) is 1.70. The second-order valence-electron chi connectivity index (χ2n) is 1.39. The highest BCUT2D eigenvalue weighted by Crippen LogP contribution is 2.13. The highest BCUT2D eigenvalue weighted by molar-refractivity contribution is 8.15. The van der Waals surface area contributed by atoms with Gasteiger partial charge in [0.2, 0.25) is 0 Å². The number of hydrogen-bond donors (Lipinski definition) is 0. The average molecular weight is 181 g/mol. The van der Waals surface area contributed by atoms with Crippen molar-refractivity contribution in [1.82, 2.24) is 0 Å². The van der Waals surface area contributed by atoms with Gasteiger partial charge in [-0.05, 0) is 6.26 Å². The molecule has 0 aromatic heterocycles. The van der Waals surface area contributed by atoms with Crippen LogP contribution in [0.4, 0.5) is 0 Å². The summed E-state index contributed by atoms with van der Waals surface area (Å²) in [6.45, 7) is 0. The Bertz CT molecular complexity index is 189. The predicted molar refractivity (Wildman–Crippen MR) is 42.7 cm³/mol. The topological polar surface area (TPSA) is 60.2 Å². The summed E-state index contributed by atoms with van der Waals surface area (Å²) in [4.78, 5) is 9.25. The summed E-state index contributed by atoms with van der Waals surface area (Å²) in [7, 11) is -1.24. The highest BCUT2D eigenvalue weighted by Gasteiger charge is 2.04. The van der Waals surface area contributed by atoms with Crippen LogP contribution in [0.5, 0.6) is 0 Å². The van der Waals surface area contributed by atoms with Gasteiger partial charge in [-0.1, -0.05) is 0 Å². The van der Waals surface area contributed by atoms with Crippen LogP contribution in [-0.4, -0.2) is 21.6 Å². The molecule has 0 saturated heterocycles. The van der Waals surface area contributed by atoms with Gasteiger partial charge in [-0.2, -0.15) is 0 Å². The van der Waals surface area contributed by atoms with Crippen LogP contribution in [0.2, 0.25) is 0 Å². The molecular formula is C4H7NO3S2. The van der Waals surface area contributed by atoms with Crippen molar-refractivity contribution in [1.29, 1.82) is 0 Å². The summed E-state index contributed by atoms with van der Waals surface area (Å²) in [6, 6.07) is 0. The molecule has 0 radical (unpaired) electrons. The van der Waals surface area contributed by atoms with Gasteiger partial charge in [-0.15, -0.1) is 11.8 Å². The maximum Gasteiger partial charge on any atom is 0.256 e. The Balaban J connectivity index is 4.34. The SMILES string of the molecule is CSC(=C[N+](=O)[O-])S(C)=O. The van der Waals surface area contributed by atoms with E-state index in [0.717, 1.165) is 18.0 Å². The molecule has 4 nitrogen and oxygen atoms in total. The first-order chi connectivity index (χ1) is 4.57. The minimum atomic E-state index is -1.24. The maximum atomic E-state index is 10.6. The Morgan fingerprint density at radius 1 is 1.80 bits per heavy atom. The molecular weight excluding hydrogens is 174 g/mol. The molecule has 0 heterocycles. The molecule has 0 aromatic carbocycles. The first-order valence-electron chi connectivity index (χ1n) is 2.30. The van der Waals surface area contributed by atoms with E-state index in [1.165, 1.54) is 6.26 Å². The van der Waals surface area contributed by atoms with Crippen LogP contribution >= 0.6 is 11.8 Å². The van der Waals surface area contributed by atoms with Crippen molar-refractivity contribution in [3.63, 3.8) is 0 Å². The van der Waals surface area contributed by atoms with Crippen LogP contribution in [0.25, 0.3) is 0 Å². The van der Waals surface area contributed by atoms with Crippen molar-refractivity contribution in [2.75, 3.05) is 12.5 Å². The van der Waals surface area contributed by atoms with Crippen LogP contribution < -0.4 is 0 Å². The van der Waals surface area contributed by atoms with Gasteiger partial charge >= 0.3 is 0 Å². The molecule has 0 aliphatic carbocycles. The molecule has 0 aromatic rings. The van der Waals surface area contributed by atoms with Crippen molar-refractivity contribution >= 4 is 22.6 Å². The van der Waals surface area contributed by atoms with Gasteiger partial charge < -0.3 is 0 Å². The van der Waals surface area contributed by atoms with Gasteiger partial charge in [0.25, 0.3) is 6.20 Å². The number of rotatable bonds is 3. The smallest absolute Gasteiger partial charge is 0.256 e. The first-order valence-corrected chi connectivity index (χ1v) is 5.09. The predicted octanol–water partition coefficient (Wildman–Crippen LogP) is 0.803. The van der Waals surface area contributed by atoms with Crippen LogP contribution in [0, 0.1) is 10.1 Å². The monoisotopic (exact) mass is 181 g/mol. The summed E-state index contributed by atoms with van der Waals surface area (Å²) < 4.78 is 10.9. The normalized spacial score (nSPS) is 14.8.